The Morgan fingerprint density at radius 1 is 1.05 bits per heavy atom. The molecule has 1 saturated carbocycles. The molecular weight excluding hydrogens is 486 g/mol. The molecular formula is C27H19N7O4. The van der Waals surface area contributed by atoms with E-state index in [2.05, 4.69) is 31.8 Å². The Bertz CT molecular complexity index is 1720. The molecule has 3 aromatic heterocycles. The van der Waals surface area contributed by atoms with Crippen LogP contribution in [0, 0.1) is 11.3 Å². The molecule has 0 atom stereocenters. The second-order valence-electron chi connectivity index (χ2n) is 8.79. The zero-order valence-electron chi connectivity index (χ0n) is 19.8. The topological polar surface area (TPSA) is 147 Å². The Balaban J connectivity index is 1.14. The number of nitriles is 1. The van der Waals surface area contributed by atoms with Gasteiger partial charge in [-0.15, -0.1) is 5.10 Å². The van der Waals surface area contributed by atoms with Gasteiger partial charge in [0.15, 0.2) is 23.6 Å². The van der Waals surface area contributed by atoms with E-state index in [1.165, 1.54) is 17.2 Å². The Kier molecular flexibility index (Phi) is 5.54. The maximum Gasteiger partial charge on any atom is 0.278 e. The van der Waals surface area contributed by atoms with Crippen LogP contribution >= 0.6 is 0 Å². The molecule has 5 aromatic rings. The summed E-state index contributed by atoms with van der Waals surface area (Å²) in [5.41, 5.74) is 2.06. The van der Waals surface area contributed by atoms with Crippen LogP contribution in [0.15, 0.2) is 83.9 Å². The van der Waals surface area contributed by atoms with Crippen molar-refractivity contribution in [3.63, 3.8) is 0 Å². The number of carbonyl (C=O) groups is 2. The third-order valence-corrected chi connectivity index (χ3v) is 6.16. The zero-order valence-corrected chi connectivity index (χ0v) is 19.8. The SMILES string of the molecule is N#CC1(c2cccc(C(=O)Nc3cccc(Oc4ccc5nc(NC(=O)c6cocn6)cn5n4)c3)c2)CC1. The van der Waals surface area contributed by atoms with Crippen molar-refractivity contribution in [1.82, 2.24) is 19.6 Å². The Morgan fingerprint density at radius 3 is 2.71 bits per heavy atom. The van der Waals surface area contributed by atoms with Crippen molar-refractivity contribution in [3.8, 4) is 17.7 Å². The first kappa shape index (κ1) is 22.9. The number of amides is 2. The van der Waals surface area contributed by atoms with Crippen molar-refractivity contribution in [1.29, 1.82) is 5.26 Å². The molecule has 2 N–H and O–H groups in total. The van der Waals surface area contributed by atoms with Crippen molar-refractivity contribution in [3.05, 3.63) is 96.3 Å². The van der Waals surface area contributed by atoms with E-state index in [0.29, 0.717) is 28.5 Å². The quantitative estimate of drug-likeness (QED) is 0.327. The minimum atomic E-state index is -0.462. The lowest BCUT2D eigenvalue weighted by molar-refractivity contribution is 0.101. The van der Waals surface area contributed by atoms with Gasteiger partial charge in [-0.05, 0) is 48.7 Å². The molecule has 186 valence electrons. The number of rotatable bonds is 7. The first-order valence-corrected chi connectivity index (χ1v) is 11.7. The fourth-order valence-corrected chi connectivity index (χ4v) is 3.99. The highest BCUT2D eigenvalue weighted by Crippen LogP contribution is 2.47. The molecule has 0 radical (unpaired) electrons. The van der Waals surface area contributed by atoms with Crippen LogP contribution in [-0.2, 0) is 5.41 Å². The summed E-state index contributed by atoms with van der Waals surface area (Å²) in [6.45, 7) is 0. The summed E-state index contributed by atoms with van der Waals surface area (Å²) in [6, 6.07) is 19.8. The van der Waals surface area contributed by atoms with E-state index in [0.717, 1.165) is 18.4 Å². The average Bonchev–Trinajstić information content (AvgIpc) is 3.33. The van der Waals surface area contributed by atoms with Crippen molar-refractivity contribution in [2.45, 2.75) is 18.3 Å². The molecule has 1 fully saturated rings. The summed E-state index contributed by atoms with van der Waals surface area (Å²) in [5.74, 6) is 0.298. The number of anilines is 2. The molecule has 11 nitrogen and oxygen atoms in total. The predicted molar refractivity (Wildman–Crippen MR) is 135 cm³/mol. The van der Waals surface area contributed by atoms with Crippen molar-refractivity contribution >= 4 is 29.0 Å². The van der Waals surface area contributed by atoms with E-state index >= 15 is 0 Å². The van der Waals surface area contributed by atoms with Gasteiger partial charge in [0.1, 0.15) is 12.0 Å². The molecule has 0 bridgehead atoms. The van der Waals surface area contributed by atoms with Gasteiger partial charge in [0.05, 0.1) is 17.7 Å². The molecule has 0 spiro atoms. The average molecular weight is 505 g/mol. The van der Waals surface area contributed by atoms with Gasteiger partial charge in [0.2, 0.25) is 5.88 Å². The van der Waals surface area contributed by atoms with E-state index in [9.17, 15) is 14.9 Å². The molecule has 1 aliphatic carbocycles. The number of hydrogen-bond donors (Lipinski definition) is 2. The number of oxazole rings is 1. The summed E-state index contributed by atoms with van der Waals surface area (Å²) < 4.78 is 12.2. The van der Waals surface area contributed by atoms with Gasteiger partial charge in [0, 0.05) is 23.4 Å². The van der Waals surface area contributed by atoms with Crippen molar-refractivity contribution in [2.24, 2.45) is 0 Å². The van der Waals surface area contributed by atoms with Crippen LogP contribution in [-0.4, -0.2) is 31.4 Å². The number of hydrogen-bond acceptors (Lipinski definition) is 8. The Hall–Kier alpha value is -5.50. The van der Waals surface area contributed by atoms with Gasteiger partial charge >= 0.3 is 0 Å². The fourth-order valence-electron chi connectivity index (χ4n) is 3.99. The van der Waals surface area contributed by atoms with Gasteiger partial charge in [-0.3, -0.25) is 9.59 Å². The van der Waals surface area contributed by atoms with E-state index in [4.69, 9.17) is 9.15 Å². The first-order chi connectivity index (χ1) is 18.5. The highest BCUT2D eigenvalue weighted by Gasteiger charge is 2.45. The molecule has 11 heteroatoms. The molecule has 2 amide bonds. The van der Waals surface area contributed by atoms with Crippen molar-refractivity contribution < 1.29 is 18.7 Å². The van der Waals surface area contributed by atoms with E-state index < -0.39 is 11.3 Å². The summed E-state index contributed by atoms with van der Waals surface area (Å²) in [6.07, 6.45) is 5.57. The Labute approximate surface area is 215 Å². The fraction of sp³-hybridized carbons (Fsp3) is 0.111. The first-order valence-electron chi connectivity index (χ1n) is 11.7. The van der Waals surface area contributed by atoms with Gasteiger partial charge < -0.3 is 19.8 Å². The predicted octanol–water partition coefficient (Wildman–Crippen LogP) is 4.57. The number of nitrogens with zero attached hydrogens (tertiary/aromatic N) is 5. The van der Waals surface area contributed by atoms with Crippen molar-refractivity contribution in [2.75, 3.05) is 10.6 Å². The molecule has 1 aliphatic rings. The molecule has 0 aliphatic heterocycles. The summed E-state index contributed by atoms with van der Waals surface area (Å²) in [4.78, 5) is 33.1. The number of carbonyl (C=O) groups excluding carboxylic acids is 2. The van der Waals surface area contributed by atoms with E-state index in [1.54, 1.807) is 60.8 Å². The number of aromatic nitrogens is 4. The molecule has 0 unspecified atom stereocenters. The molecule has 38 heavy (non-hydrogen) atoms. The minimum Gasteiger partial charge on any atom is -0.451 e. The standard InChI is InChI=1S/C27H19N7O4/c28-15-27(9-10-27)18-4-1-3-17(11-18)25(35)30-19-5-2-6-20(12-19)38-24-8-7-23-31-22(13-34(23)33-24)32-26(36)21-14-37-16-29-21/h1-8,11-14,16H,9-10H2,(H,30,35)(H,32,36). The largest absolute Gasteiger partial charge is 0.451 e. The number of nitrogens with one attached hydrogen (secondary N) is 2. The lowest BCUT2D eigenvalue weighted by Crippen LogP contribution is -2.13. The smallest absolute Gasteiger partial charge is 0.278 e. The highest BCUT2D eigenvalue weighted by molar-refractivity contribution is 6.04. The van der Waals surface area contributed by atoms with E-state index in [1.807, 2.05) is 6.07 Å². The lowest BCUT2D eigenvalue weighted by Gasteiger charge is -2.11. The maximum absolute atomic E-state index is 12.9. The number of benzene rings is 2. The van der Waals surface area contributed by atoms with Crippen LogP contribution in [0.2, 0.25) is 0 Å². The third kappa shape index (κ3) is 4.54. The van der Waals surface area contributed by atoms with Gasteiger partial charge in [0.25, 0.3) is 11.8 Å². The summed E-state index contributed by atoms with van der Waals surface area (Å²) in [7, 11) is 0. The number of imidazole rings is 1. The van der Waals surface area contributed by atoms with Crippen LogP contribution in [0.1, 0.15) is 39.3 Å². The third-order valence-electron chi connectivity index (χ3n) is 6.16. The van der Waals surface area contributed by atoms with Gasteiger partial charge in [-0.25, -0.2) is 14.5 Å². The maximum atomic E-state index is 12.9. The summed E-state index contributed by atoms with van der Waals surface area (Å²) in [5, 5.41) is 19.3. The minimum absolute atomic E-state index is 0.132. The van der Waals surface area contributed by atoms with Gasteiger partial charge in [-0.1, -0.05) is 18.2 Å². The second-order valence-corrected chi connectivity index (χ2v) is 8.79. The van der Waals surface area contributed by atoms with Gasteiger partial charge in [-0.2, -0.15) is 5.26 Å². The molecule has 6 rings (SSSR count). The number of fused-ring (bicyclic) bond motifs is 1. The number of ether oxygens (including phenoxy) is 1. The van der Waals surface area contributed by atoms with Crippen LogP contribution in [0.25, 0.3) is 5.65 Å². The van der Waals surface area contributed by atoms with Crippen LogP contribution < -0.4 is 15.4 Å². The molecule has 2 aromatic carbocycles. The Morgan fingerprint density at radius 2 is 1.92 bits per heavy atom. The monoisotopic (exact) mass is 505 g/mol. The van der Waals surface area contributed by atoms with Crippen LogP contribution in [0.4, 0.5) is 11.5 Å². The summed E-state index contributed by atoms with van der Waals surface area (Å²) >= 11 is 0. The lowest BCUT2D eigenvalue weighted by atomic mass is 9.96. The zero-order chi connectivity index (χ0) is 26.1. The normalized spacial score (nSPS) is 13.4. The van der Waals surface area contributed by atoms with Crippen LogP contribution in [0.5, 0.6) is 11.6 Å². The molecule has 3 heterocycles. The van der Waals surface area contributed by atoms with Crippen LogP contribution in [0.3, 0.4) is 0 Å². The second kappa shape index (κ2) is 9.18. The van der Waals surface area contributed by atoms with E-state index in [-0.39, 0.29) is 17.5 Å². The highest BCUT2D eigenvalue weighted by atomic mass is 16.5. The molecule has 0 saturated heterocycles.